The zero-order valence-corrected chi connectivity index (χ0v) is 14.7. The number of allylic oxidation sites excluding steroid dienone is 1. The topological polar surface area (TPSA) is 67.8 Å². The lowest BCUT2D eigenvalue weighted by molar-refractivity contribution is -0.178. The molecule has 0 spiro atoms. The predicted octanol–water partition coefficient (Wildman–Crippen LogP) is 2.59. The predicted molar refractivity (Wildman–Crippen MR) is 91.0 cm³/mol. The second kappa shape index (κ2) is 8.34. The monoisotopic (exact) mass is 337 g/mol. The number of amides is 1. The van der Waals surface area contributed by atoms with E-state index in [-0.39, 0.29) is 24.7 Å². The van der Waals surface area contributed by atoms with E-state index in [0.29, 0.717) is 30.1 Å². The molecule has 136 valence electrons. The average molecular weight is 337 g/mol. The highest BCUT2D eigenvalue weighted by Gasteiger charge is 2.42. The van der Waals surface area contributed by atoms with Gasteiger partial charge in [0.2, 0.25) is 6.29 Å². The van der Waals surface area contributed by atoms with E-state index in [9.17, 15) is 9.90 Å². The summed E-state index contributed by atoms with van der Waals surface area (Å²) in [6, 6.07) is 0. The molecule has 0 aromatic carbocycles. The minimum Gasteiger partial charge on any atom is -0.459 e. The van der Waals surface area contributed by atoms with E-state index in [1.165, 1.54) is 32.1 Å². The Morgan fingerprint density at radius 1 is 1.38 bits per heavy atom. The first-order valence-corrected chi connectivity index (χ1v) is 9.62. The minimum absolute atomic E-state index is 0.100. The number of rotatable bonds is 9. The van der Waals surface area contributed by atoms with Gasteiger partial charge in [-0.3, -0.25) is 4.79 Å². The normalized spacial score (nSPS) is 30.2. The molecule has 3 atom stereocenters. The Hall–Kier alpha value is -1.07. The summed E-state index contributed by atoms with van der Waals surface area (Å²) in [6.07, 6.45) is 9.42. The first-order chi connectivity index (χ1) is 11.7. The van der Waals surface area contributed by atoms with Crippen molar-refractivity contribution in [3.8, 4) is 0 Å². The van der Waals surface area contributed by atoms with Crippen LogP contribution in [0.25, 0.3) is 0 Å². The summed E-state index contributed by atoms with van der Waals surface area (Å²) in [7, 11) is 0. The molecular formula is C19H31NO4. The van der Waals surface area contributed by atoms with Crippen LogP contribution in [0, 0.1) is 23.7 Å². The van der Waals surface area contributed by atoms with Crippen LogP contribution in [-0.4, -0.2) is 37.1 Å². The molecule has 1 amide bonds. The molecule has 0 bridgehead atoms. The van der Waals surface area contributed by atoms with Crippen molar-refractivity contribution in [1.29, 1.82) is 0 Å². The van der Waals surface area contributed by atoms with Crippen molar-refractivity contribution < 1.29 is 19.4 Å². The zero-order valence-electron chi connectivity index (χ0n) is 14.7. The van der Waals surface area contributed by atoms with Crippen molar-refractivity contribution in [1.82, 2.24) is 5.32 Å². The van der Waals surface area contributed by atoms with Crippen molar-refractivity contribution >= 4 is 5.91 Å². The van der Waals surface area contributed by atoms with Crippen LogP contribution < -0.4 is 5.32 Å². The Bertz CT molecular complexity index is 456. The summed E-state index contributed by atoms with van der Waals surface area (Å²) < 4.78 is 11.8. The Labute approximate surface area is 144 Å². The lowest BCUT2D eigenvalue weighted by Crippen LogP contribution is -2.43. The summed E-state index contributed by atoms with van der Waals surface area (Å²) in [4.78, 5) is 12.5. The van der Waals surface area contributed by atoms with Gasteiger partial charge in [-0.1, -0.05) is 6.42 Å². The molecule has 0 aromatic rings. The molecule has 2 aliphatic carbocycles. The van der Waals surface area contributed by atoms with Gasteiger partial charge in [-0.15, -0.1) is 0 Å². The third-order valence-corrected chi connectivity index (χ3v) is 5.62. The number of nitrogens with one attached hydrogen (secondary N) is 1. The van der Waals surface area contributed by atoms with Gasteiger partial charge in [0, 0.05) is 25.7 Å². The van der Waals surface area contributed by atoms with E-state index in [0.717, 1.165) is 19.4 Å². The summed E-state index contributed by atoms with van der Waals surface area (Å²) in [5, 5.41) is 12.2. The molecule has 1 aliphatic heterocycles. The van der Waals surface area contributed by atoms with Gasteiger partial charge < -0.3 is 19.9 Å². The number of ether oxygens (including phenoxy) is 2. The Morgan fingerprint density at radius 3 is 2.75 bits per heavy atom. The molecule has 0 radical (unpaired) electrons. The molecule has 2 N–H and O–H groups in total. The first kappa shape index (κ1) is 17.7. The number of carbonyl (C=O) groups is 1. The van der Waals surface area contributed by atoms with Gasteiger partial charge in [-0.05, 0) is 69.3 Å². The highest BCUT2D eigenvalue weighted by molar-refractivity contribution is 5.91. The number of aliphatic hydroxyl groups excluding tert-OH is 1. The molecule has 0 aromatic heterocycles. The van der Waals surface area contributed by atoms with Gasteiger partial charge >= 0.3 is 0 Å². The van der Waals surface area contributed by atoms with E-state index in [2.05, 4.69) is 5.32 Å². The Kier molecular flexibility index (Phi) is 6.17. The SMILES string of the molecule is CCO[C@H]1OC(C(=O)NCC2CC2)=C[C@@H](C2CCC2)[C@@H]1CCCO. The molecule has 5 nitrogen and oxygen atoms in total. The van der Waals surface area contributed by atoms with E-state index >= 15 is 0 Å². The fraction of sp³-hybridized carbons (Fsp3) is 0.842. The number of hydrogen-bond donors (Lipinski definition) is 2. The molecule has 0 unspecified atom stereocenters. The average Bonchev–Trinajstić information content (AvgIpc) is 3.34. The molecule has 1 heterocycles. The molecule has 0 saturated heterocycles. The lowest BCUT2D eigenvalue weighted by Gasteiger charge is -2.43. The maximum absolute atomic E-state index is 12.5. The van der Waals surface area contributed by atoms with Crippen LogP contribution in [-0.2, 0) is 14.3 Å². The minimum atomic E-state index is -0.376. The van der Waals surface area contributed by atoms with Gasteiger partial charge in [-0.2, -0.15) is 0 Å². The highest BCUT2D eigenvalue weighted by atomic mass is 16.7. The largest absolute Gasteiger partial charge is 0.459 e. The van der Waals surface area contributed by atoms with Gasteiger partial charge in [-0.25, -0.2) is 0 Å². The third-order valence-electron chi connectivity index (χ3n) is 5.62. The van der Waals surface area contributed by atoms with Crippen molar-refractivity contribution in [2.24, 2.45) is 23.7 Å². The van der Waals surface area contributed by atoms with E-state index < -0.39 is 0 Å². The second-order valence-electron chi connectivity index (χ2n) is 7.42. The van der Waals surface area contributed by atoms with Crippen LogP contribution in [0.5, 0.6) is 0 Å². The van der Waals surface area contributed by atoms with Gasteiger partial charge in [0.15, 0.2) is 5.76 Å². The van der Waals surface area contributed by atoms with E-state index in [4.69, 9.17) is 9.47 Å². The molecule has 3 rings (SSSR count). The molecule has 5 heteroatoms. The van der Waals surface area contributed by atoms with Crippen LogP contribution in [0.1, 0.15) is 51.9 Å². The van der Waals surface area contributed by atoms with Crippen LogP contribution in [0.4, 0.5) is 0 Å². The molecule has 3 aliphatic rings. The third kappa shape index (κ3) is 4.31. The Balaban J connectivity index is 1.72. The Morgan fingerprint density at radius 2 is 2.17 bits per heavy atom. The summed E-state index contributed by atoms with van der Waals surface area (Å²) in [5.74, 6) is 2.15. The summed E-state index contributed by atoms with van der Waals surface area (Å²) >= 11 is 0. The van der Waals surface area contributed by atoms with Gasteiger partial charge in [0.25, 0.3) is 5.91 Å². The summed E-state index contributed by atoms with van der Waals surface area (Å²) in [5.41, 5.74) is 0. The van der Waals surface area contributed by atoms with Gasteiger partial charge in [0.05, 0.1) is 0 Å². The van der Waals surface area contributed by atoms with Crippen molar-refractivity contribution in [2.75, 3.05) is 19.8 Å². The lowest BCUT2D eigenvalue weighted by atomic mass is 9.68. The molecule has 2 fully saturated rings. The standard InChI is InChI=1S/C19H31NO4/c1-2-23-19-15(7-4-10-21)16(14-5-3-6-14)11-17(24-19)18(22)20-12-13-8-9-13/h11,13-16,19,21H,2-10,12H2,1H3,(H,20,22)/t15-,16-,19-/m0/s1. The van der Waals surface area contributed by atoms with Crippen LogP contribution in [0.3, 0.4) is 0 Å². The summed E-state index contributed by atoms with van der Waals surface area (Å²) in [6.45, 7) is 3.46. The van der Waals surface area contributed by atoms with Crippen LogP contribution >= 0.6 is 0 Å². The van der Waals surface area contributed by atoms with E-state index in [1.807, 2.05) is 13.0 Å². The molecule has 24 heavy (non-hydrogen) atoms. The number of hydrogen-bond acceptors (Lipinski definition) is 4. The van der Waals surface area contributed by atoms with E-state index in [1.54, 1.807) is 0 Å². The number of carbonyl (C=O) groups excluding carboxylic acids is 1. The number of aliphatic hydroxyl groups is 1. The van der Waals surface area contributed by atoms with Crippen LogP contribution in [0.15, 0.2) is 11.8 Å². The molecular weight excluding hydrogens is 306 g/mol. The van der Waals surface area contributed by atoms with Crippen molar-refractivity contribution in [3.05, 3.63) is 11.8 Å². The van der Waals surface area contributed by atoms with Gasteiger partial charge in [0.1, 0.15) is 0 Å². The van der Waals surface area contributed by atoms with Crippen molar-refractivity contribution in [3.63, 3.8) is 0 Å². The highest BCUT2D eigenvalue weighted by Crippen LogP contribution is 2.44. The fourth-order valence-electron chi connectivity index (χ4n) is 3.79. The quantitative estimate of drug-likeness (QED) is 0.679. The van der Waals surface area contributed by atoms with Crippen LogP contribution in [0.2, 0.25) is 0 Å². The smallest absolute Gasteiger partial charge is 0.286 e. The molecule has 2 saturated carbocycles. The maximum Gasteiger partial charge on any atom is 0.286 e. The maximum atomic E-state index is 12.5. The zero-order chi connectivity index (χ0) is 16.9. The first-order valence-electron chi connectivity index (χ1n) is 9.62. The fourth-order valence-corrected chi connectivity index (χ4v) is 3.79. The van der Waals surface area contributed by atoms with Crippen molar-refractivity contribution in [2.45, 2.75) is 58.2 Å². The second-order valence-corrected chi connectivity index (χ2v) is 7.42.